The molecule has 0 radical (unpaired) electrons. The van der Waals surface area contributed by atoms with Gasteiger partial charge in [-0.05, 0) is 49.4 Å². The molecule has 2 heterocycles. The number of hydrogen-bond acceptors (Lipinski definition) is 3. The molecule has 0 bridgehead atoms. The molecule has 1 aromatic rings. The minimum atomic E-state index is -0.278. The molecule has 1 saturated heterocycles. The number of nitrogens with two attached hydrogens (primary N) is 1. The summed E-state index contributed by atoms with van der Waals surface area (Å²) in [5, 5.41) is 3.34. The van der Waals surface area contributed by atoms with E-state index in [0.717, 1.165) is 43.6 Å². The Bertz CT molecular complexity index is 413. The van der Waals surface area contributed by atoms with E-state index in [-0.39, 0.29) is 17.3 Å². The van der Waals surface area contributed by atoms with Crippen molar-refractivity contribution in [2.45, 2.75) is 25.3 Å². The molecule has 86 valence electrons. The van der Waals surface area contributed by atoms with Gasteiger partial charge in [0.25, 0.3) is 0 Å². The smallest absolute Gasteiger partial charge is 0.141 e. The van der Waals surface area contributed by atoms with Crippen molar-refractivity contribution >= 4 is 0 Å². The van der Waals surface area contributed by atoms with Gasteiger partial charge in [-0.15, -0.1) is 0 Å². The van der Waals surface area contributed by atoms with E-state index in [1.807, 2.05) is 0 Å². The zero-order valence-electron chi connectivity index (χ0n) is 9.17. The molecule has 3 nitrogen and oxygen atoms in total. The number of aromatic nitrogens is 1. The molecule has 0 amide bonds. The molecule has 1 fully saturated rings. The maximum atomic E-state index is 13.2. The first-order chi connectivity index (χ1) is 7.71. The minimum absolute atomic E-state index is 0.0483. The number of pyridine rings is 1. The molecule has 1 spiro atoms. The second-order valence-electron chi connectivity index (χ2n) is 4.96. The maximum Gasteiger partial charge on any atom is 0.141 e. The Labute approximate surface area is 94.2 Å². The summed E-state index contributed by atoms with van der Waals surface area (Å²) in [4.78, 5) is 4.18. The van der Waals surface area contributed by atoms with Crippen LogP contribution in [-0.4, -0.2) is 18.1 Å². The predicted octanol–water partition coefficient (Wildman–Crippen LogP) is 1.15. The topological polar surface area (TPSA) is 50.9 Å². The van der Waals surface area contributed by atoms with E-state index < -0.39 is 0 Å². The number of halogens is 1. The highest BCUT2D eigenvalue weighted by molar-refractivity contribution is 5.33. The Morgan fingerprint density at radius 3 is 2.94 bits per heavy atom. The van der Waals surface area contributed by atoms with Crippen LogP contribution in [0, 0.1) is 11.2 Å². The summed E-state index contributed by atoms with van der Waals surface area (Å²) in [6.07, 6.45) is 4.33. The number of hydrogen-bond donors (Lipinski definition) is 2. The van der Waals surface area contributed by atoms with Crippen molar-refractivity contribution in [2.24, 2.45) is 11.1 Å². The monoisotopic (exact) mass is 221 g/mol. The van der Waals surface area contributed by atoms with Crippen molar-refractivity contribution in [3.8, 4) is 0 Å². The molecular formula is C12H16FN3. The average molecular weight is 221 g/mol. The second-order valence-corrected chi connectivity index (χ2v) is 4.96. The lowest BCUT2D eigenvalue weighted by Gasteiger charge is -2.37. The summed E-state index contributed by atoms with van der Waals surface area (Å²) in [6.45, 7) is 2.01. The van der Waals surface area contributed by atoms with Crippen LogP contribution < -0.4 is 11.1 Å². The highest BCUT2D eigenvalue weighted by Gasteiger charge is 2.45. The van der Waals surface area contributed by atoms with Gasteiger partial charge in [-0.2, -0.15) is 0 Å². The van der Waals surface area contributed by atoms with Gasteiger partial charge in [0, 0.05) is 11.7 Å². The predicted molar refractivity (Wildman–Crippen MR) is 59.4 cm³/mol. The van der Waals surface area contributed by atoms with Crippen LogP contribution in [0.1, 0.15) is 30.1 Å². The van der Waals surface area contributed by atoms with Crippen LogP contribution in [0.15, 0.2) is 12.3 Å². The normalized spacial score (nSPS) is 27.0. The third-order valence-electron chi connectivity index (χ3n) is 4.08. The van der Waals surface area contributed by atoms with Crippen molar-refractivity contribution in [3.05, 3.63) is 29.3 Å². The van der Waals surface area contributed by atoms with E-state index in [1.165, 1.54) is 6.20 Å². The fraction of sp³-hybridized carbons (Fsp3) is 0.583. The van der Waals surface area contributed by atoms with Gasteiger partial charge < -0.3 is 11.1 Å². The van der Waals surface area contributed by atoms with Crippen molar-refractivity contribution in [1.82, 2.24) is 10.3 Å². The third-order valence-corrected chi connectivity index (χ3v) is 4.08. The lowest BCUT2D eigenvalue weighted by molar-refractivity contribution is 0.173. The Balaban J connectivity index is 1.99. The fourth-order valence-electron chi connectivity index (χ4n) is 3.09. The molecule has 1 aromatic heterocycles. The van der Waals surface area contributed by atoms with E-state index >= 15 is 0 Å². The van der Waals surface area contributed by atoms with Crippen molar-refractivity contribution in [1.29, 1.82) is 0 Å². The van der Waals surface area contributed by atoms with Gasteiger partial charge in [0.05, 0.1) is 6.20 Å². The highest BCUT2D eigenvalue weighted by Crippen LogP contribution is 2.49. The van der Waals surface area contributed by atoms with Crippen LogP contribution >= 0.6 is 0 Å². The number of nitrogens with one attached hydrogen (secondary N) is 1. The van der Waals surface area contributed by atoms with Crippen LogP contribution in [-0.2, 0) is 6.42 Å². The Kier molecular flexibility index (Phi) is 2.23. The summed E-state index contributed by atoms with van der Waals surface area (Å²) in [5.74, 6) is -0.278. The molecule has 16 heavy (non-hydrogen) atoms. The number of fused-ring (bicyclic) bond motifs is 1. The van der Waals surface area contributed by atoms with Crippen LogP contribution in [0.5, 0.6) is 0 Å². The standard InChI is InChI=1S/C12H16FN3/c13-8-5-9-10(16-7-8)6-12(11(9)14)1-3-15-4-2-12/h5,7,11,15H,1-4,6,14H2/t11-/m1/s1. The Morgan fingerprint density at radius 1 is 1.44 bits per heavy atom. The first kappa shape index (κ1) is 10.2. The molecule has 0 saturated carbocycles. The van der Waals surface area contributed by atoms with Crippen LogP contribution in [0.25, 0.3) is 0 Å². The molecule has 2 aliphatic rings. The van der Waals surface area contributed by atoms with Gasteiger partial charge in [-0.25, -0.2) is 4.39 Å². The Hall–Kier alpha value is -1.00. The third kappa shape index (κ3) is 1.37. The van der Waals surface area contributed by atoms with Gasteiger partial charge in [0.15, 0.2) is 0 Å². The van der Waals surface area contributed by atoms with Crippen molar-refractivity contribution in [2.75, 3.05) is 13.1 Å². The first-order valence-electron chi connectivity index (χ1n) is 5.82. The molecule has 0 aromatic carbocycles. The summed E-state index contributed by atoms with van der Waals surface area (Å²) >= 11 is 0. The second kappa shape index (κ2) is 3.50. The number of piperidine rings is 1. The Morgan fingerprint density at radius 2 is 2.19 bits per heavy atom. The van der Waals surface area contributed by atoms with Gasteiger partial charge in [-0.1, -0.05) is 0 Å². The van der Waals surface area contributed by atoms with Crippen LogP contribution in [0.2, 0.25) is 0 Å². The summed E-state index contributed by atoms with van der Waals surface area (Å²) < 4.78 is 13.2. The quantitative estimate of drug-likeness (QED) is 0.691. The largest absolute Gasteiger partial charge is 0.323 e. The zero-order chi connectivity index (χ0) is 11.2. The van der Waals surface area contributed by atoms with Crippen LogP contribution in [0.4, 0.5) is 4.39 Å². The van der Waals surface area contributed by atoms with E-state index in [2.05, 4.69) is 10.3 Å². The van der Waals surface area contributed by atoms with Gasteiger partial charge in [0.2, 0.25) is 0 Å². The number of nitrogens with zero attached hydrogens (tertiary/aromatic N) is 1. The first-order valence-corrected chi connectivity index (χ1v) is 5.82. The van der Waals surface area contributed by atoms with Gasteiger partial charge in [-0.3, -0.25) is 4.98 Å². The molecule has 3 rings (SSSR count). The van der Waals surface area contributed by atoms with E-state index in [1.54, 1.807) is 6.07 Å². The zero-order valence-corrected chi connectivity index (χ0v) is 9.17. The maximum absolute atomic E-state index is 13.2. The number of rotatable bonds is 0. The summed E-state index contributed by atoms with van der Waals surface area (Å²) in [7, 11) is 0. The average Bonchev–Trinajstić information content (AvgIpc) is 2.55. The molecule has 1 aliphatic carbocycles. The summed E-state index contributed by atoms with van der Waals surface area (Å²) in [5.41, 5.74) is 8.32. The summed E-state index contributed by atoms with van der Waals surface area (Å²) in [6, 6.07) is 1.51. The van der Waals surface area contributed by atoms with Gasteiger partial charge in [0.1, 0.15) is 5.82 Å². The molecule has 1 atom stereocenters. The molecule has 4 heteroatoms. The van der Waals surface area contributed by atoms with Crippen LogP contribution in [0.3, 0.4) is 0 Å². The van der Waals surface area contributed by atoms with Gasteiger partial charge >= 0.3 is 0 Å². The fourth-order valence-corrected chi connectivity index (χ4v) is 3.09. The SMILES string of the molecule is N[C@@H]1c2cc(F)cnc2CC12CCNCC2. The van der Waals surface area contributed by atoms with E-state index in [9.17, 15) is 4.39 Å². The van der Waals surface area contributed by atoms with Crippen molar-refractivity contribution < 1.29 is 4.39 Å². The molecule has 3 N–H and O–H groups in total. The molecule has 0 unspecified atom stereocenters. The lowest BCUT2D eigenvalue weighted by atomic mass is 9.74. The molecule has 1 aliphatic heterocycles. The lowest BCUT2D eigenvalue weighted by Crippen LogP contribution is -2.42. The minimum Gasteiger partial charge on any atom is -0.323 e. The van der Waals surface area contributed by atoms with E-state index in [0.29, 0.717) is 0 Å². The highest BCUT2D eigenvalue weighted by atomic mass is 19.1. The van der Waals surface area contributed by atoms with Crippen molar-refractivity contribution in [3.63, 3.8) is 0 Å². The van der Waals surface area contributed by atoms with E-state index in [4.69, 9.17) is 5.73 Å². The molecular weight excluding hydrogens is 205 g/mol.